The van der Waals surface area contributed by atoms with Crippen LogP contribution in [0.5, 0.6) is 0 Å². The number of hydrogen-bond acceptors (Lipinski definition) is 3. The molecule has 3 aromatic rings. The summed E-state index contributed by atoms with van der Waals surface area (Å²) in [5.41, 5.74) is 3.97. The number of benzene rings is 3. The highest BCUT2D eigenvalue weighted by molar-refractivity contribution is 7.85. The molecule has 218 valence electrons. The SMILES string of the molecule is CC#C[C@]1(O)CC[C@H]2[C@@H]3CCC4=CC(=O)CCC4=C3[C@@H](c3ccc(P(=O)(c4ccccc4)c4ccccc4)cc3)C[C@@]21C. The molecule has 2 saturated carbocycles. The molecule has 4 aliphatic rings. The Bertz CT molecular complexity index is 1700. The van der Waals surface area contributed by atoms with E-state index in [-0.39, 0.29) is 17.1 Å². The number of allylic oxidation sites excluding steroid dienone is 4. The molecular weight excluding hydrogens is 547 g/mol. The van der Waals surface area contributed by atoms with Crippen molar-refractivity contribution in [2.75, 3.05) is 0 Å². The molecule has 4 aliphatic carbocycles. The fourth-order valence-electron chi connectivity index (χ4n) is 9.02. The number of ketones is 1. The number of aliphatic hydroxyl groups is 1. The smallest absolute Gasteiger partial charge is 0.171 e. The van der Waals surface area contributed by atoms with Crippen molar-refractivity contribution < 1.29 is 14.5 Å². The molecular formula is C39H39O3P. The zero-order valence-electron chi connectivity index (χ0n) is 25.1. The Balaban J connectivity index is 1.36. The van der Waals surface area contributed by atoms with Gasteiger partial charge in [0.05, 0.1) is 0 Å². The monoisotopic (exact) mass is 586 g/mol. The van der Waals surface area contributed by atoms with Gasteiger partial charge in [0, 0.05) is 33.7 Å². The number of carbonyl (C=O) groups excluding carboxylic acids is 1. The fourth-order valence-corrected chi connectivity index (χ4v) is 11.7. The molecule has 0 radical (unpaired) electrons. The summed E-state index contributed by atoms with van der Waals surface area (Å²) < 4.78 is 15.0. The van der Waals surface area contributed by atoms with E-state index < -0.39 is 12.7 Å². The number of rotatable bonds is 4. The minimum atomic E-state index is -3.07. The van der Waals surface area contributed by atoms with Gasteiger partial charge in [0.15, 0.2) is 12.9 Å². The number of carbonyl (C=O) groups is 1. The maximum atomic E-state index is 15.0. The first-order chi connectivity index (χ1) is 20.8. The van der Waals surface area contributed by atoms with Gasteiger partial charge in [-0.2, -0.15) is 0 Å². The third-order valence-electron chi connectivity index (χ3n) is 11.1. The van der Waals surface area contributed by atoms with Gasteiger partial charge in [-0.15, -0.1) is 5.92 Å². The predicted molar refractivity (Wildman–Crippen MR) is 174 cm³/mol. The van der Waals surface area contributed by atoms with Crippen LogP contribution in [-0.4, -0.2) is 16.5 Å². The van der Waals surface area contributed by atoms with Crippen LogP contribution in [0.25, 0.3) is 0 Å². The molecule has 0 bridgehead atoms. The third-order valence-corrected chi connectivity index (χ3v) is 14.2. The topological polar surface area (TPSA) is 54.4 Å². The Morgan fingerprint density at radius 3 is 2.09 bits per heavy atom. The molecule has 0 spiro atoms. The van der Waals surface area contributed by atoms with Crippen LogP contribution in [0.1, 0.15) is 70.3 Å². The molecule has 0 unspecified atom stereocenters. The summed E-state index contributed by atoms with van der Waals surface area (Å²) in [6.45, 7) is 4.10. The zero-order valence-corrected chi connectivity index (χ0v) is 25.9. The van der Waals surface area contributed by atoms with Crippen molar-refractivity contribution in [1.82, 2.24) is 0 Å². The number of fused-ring (bicyclic) bond motifs is 4. The summed E-state index contributed by atoms with van der Waals surface area (Å²) in [6.07, 6.45) is 7.73. The quantitative estimate of drug-likeness (QED) is 0.265. The summed E-state index contributed by atoms with van der Waals surface area (Å²) in [5.74, 6) is 7.40. The molecule has 0 amide bonds. The van der Waals surface area contributed by atoms with Gasteiger partial charge in [0.25, 0.3) is 0 Å². The van der Waals surface area contributed by atoms with Crippen LogP contribution in [0.15, 0.2) is 108 Å². The minimum absolute atomic E-state index is 0.114. The lowest BCUT2D eigenvalue weighted by Gasteiger charge is -2.53. The highest BCUT2D eigenvalue weighted by atomic mass is 31.2. The molecule has 5 atom stereocenters. The van der Waals surface area contributed by atoms with Gasteiger partial charge in [-0.25, -0.2) is 0 Å². The van der Waals surface area contributed by atoms with Gasteiger partial charge in [-0.3, -0.25) is 4.79 Å². The van der Waals surface area contributed by atoms with E-state index in [1.54, 1.807) is 0 Å². The Morgan fingerprint density at radius 1 is 0.837 bits per heavy atom. The van der Waals surface area contributed by atoms with Crippen molar-refractivity contribution in [1.29, 1.82) is 0 Å². The van der Waals surface area contributed by atoms with Gasteiger partial charge < -0.3 is 9.67 Å². The Hall–Kier alpha value is -3.44. The van der Waals surface area contributed by atoms with E-state index in [9.17, 15) is 9.90 Å². The molecule has 0 heterocycles. The van der Waals surface area contributed by atoms with Crippen molar-refractivity contribution in [3.05, 3.63) is 113 Å². The van der Waals surface area contributed by atoms with E-state index in [1.807, 2.05) is 73.7 Å². The van der Waals surface area contributed by atoms with Crippen molar-refractivity contribution in [3.8, 4) is 11.8 Å². The highest BCUT2D eigenvalue weighted by Gasteiger charge is 2.62. The van der Waals surface area contributed by atoms with Gasteiger partial charge in [-0.1, -0.05) is 103 Å². The second kappa shape index (κ2) is 10.6. The fraction of sp³-hybridized carbons (Fsp3) is 0.359. The molecule has 0 saturated heterocycles. The van der Waals surface area contributed by atoms with Crippen molar-refractivity contribution in [2.24, 2.45) is 17.3 Å². The molecule has 0 aromatic heterocycles. The molecule has 0 aliphatic heterocycles. The summed E-state index contributed by atoms with van der Waals surface area (Å²) >= 11 is 0. The van der Waals surface area contributed by atoms with E-state index in [4.69, 9.17) is 0 Å². The summed E-state index contributed by atoms with van der Waals surface area (Å²) in [4.78, 5) is 12.4. The van der Waals surface area contributed by atoms with E-state index in [2.05, 4.69) is 43.0 Å². The molecule has 7 rings (SSSR count). The normalized spacial score (nSPS) is 30.0. The van der Waals surface area contributed by atoms with Gasteiger partial charge in [-0.05, 0) is 80.1 Å². The van der Waals surface area contributed by atoms with Crippen LogP contribution >= 0.6 is 7.14 Å². The van der Waals surface area contributed by atoms with Crippen molar-refractivity contribution >= 4 is 28.8 Å². The lowest BCUT2D eigenvalue weighted by atomic mass is 9.51. The van der Waals surface area contributed by atoms with Gasteiger partial charge >= 0.3 is 0 Å². The van der Waals surface area contributed by atoms with E-state index in [0.29, 0.717) is 24.7 Å². The summed E-state index contributed by atoms with van der Waals surface area (Å²) in [6, 6.07) is 28.1. The lowest BCUT2D eigenvalue weighted by molar-refractivity contribution is -0.114. The van der Waals surface area contributed by atoms with Crippen LogP contribution in [-0.2, 0) is 9.36 Å². The third kappa shape index (κ3) is 4.37. The standard InChI is InChI=1S/C39H39O3P/c1-3-23-39(41)24-22-36-34-20-16-28-25-29(40)17-21-33(28)37(34)35(26-38(36,39)2)27-14-18-32(19-15-27)43(42,30-10-6-4-7-11-30)31-12-8-5-9-13-31/h4-15,18-19,25,34-36,41H,16-17,20-22,24,26H2,1-2H3/t34-,35+,36-,38-,39-/m0/s1. The predicted octanol–water partition coefficient (Wildman–Crippen LogP) is 6.98. The molecule has 3 nitrogen and oxygen atoms in total. The summed E-state index contributed by atoms with van der Waals surface area (Å²) in [5, 5.41) is 14.5. The second-order valence-corrected chi connectivity index (χ2v) is 15.9. The molecule has 43 heavy (non-hydrogen) atoms. The largest absolute Gasteiger partial charge is 0.377 e. The van der Waals surface area contributed by atoms with Crippen LogP contribution < -0.4 is 15.9 Å². The van der Waals surface area contributed by atoms with Crippen LogP contribution in [0.3, 0.4) is 0 Å². The Labute approximate surface area is 255 Å². The van der Waals surface area contributed by atoms with Crippen LogP contribution in [0, 0.1) is 29.1 Å². The zero-order chi connectivity index (χ0) is 29.8. The first kappa shape index (κ1) is 28.3. The first-order valence-electron chi connectivity index (χ1n) is 15.7. The van der Waals surface area contributed by atoms with E-state index in [0.717, 1.165) is 48.0 Å². The maximum absolute atomic E-state index is 15.0. The molecule has 1 N–H and O–H groups in total. The molecule has 2 fully saturated rings. The van der Waals surface area contributed by atoms with Gasteiger partial charge in [0.1, 0.15) is 5.60 Å². The van der Waals surface area contributed by atoms with Crippen LogP contribution in [0.4, 0.5) is 0 Å². The Morgan fingerprint density at radius 2 is 1.47 bits per heavy atom. The Kier molecular flexibility index (Phi) is 7.00. The maximum Gasteiger partial charge on any atom is 0.171 e. The first-order valence-corrected chi connectivity index (χ1v) is 17.4. The van der Waals surface area contributed by atoms with Crippen LogP contribution in [0.2, 0.25) is 0 Å². The average molecular weight is 587 g/mol. The average Bonchev–Trinajstić information content (AvgIpc) is 3.30. The van der Waals surface area contributed by atoms with Crippen molar-refractivity contribution in [2.45, 2.75) is 70.3 Å². The molecule has 3 aromatic carbocycles. The van der Waals surface area contributed by atoms with Crippen molar-refractivity contribution in [3.63, 3.8) is 0 Å². The van der Waals surface area contributed by atoms with E-state index >= 15 is 4.57 Å². The number of hydrogen-bond donors (Lipinski definition) is 1. The summed E-state index contributed by atoms with van der Waals surface area (Å²) in [7, 11) is -3.07. The van der Waals surface area contributed by atoms with Gasteiger partial charge in [0.2, 0.25) is 0 Å². The molecule has 4 heteroatoms. The van der Waals surface area contributed by atoms with E-state index in [1.165, 1.54) is 22.3 Å². The minimum Gasteiger partial charge on any atom is -0.377 e. The lowest BCUT2D eigenvalue weighted by Crippen LogP contribution is -2.51. The highest BCUT2D eigenvalue weighted by Crippen LogP contribution is 2.66. The second-order valence-electron chi connectivity index (χ2n) is 13.1.